The van der Waals surface area contributed by atoms with E-state index in [-0.39, 0.29) is 45.8 Å². The number of ether oxygens (including phenoxy) is 2. The molecule has 0 aliphatic carbocycles. The Morgan fingerprint density at radius 3 is 1.97 bits per heavy atom. The first-order valence-electron chi connectivity index (χ1n) is 11.5. The van der Waals surface area contributed by atoms with E-state index in [0.717, 1.165) is 0 Å². The van der Waals surface area contributed by atoms with Crippen LogP contribution in [-0.2, 0) is 4.79 Å². The largest absolute Gasteiger partial charge is 0.508 e. The van der Waals surface area contributed by atoms with Gasteiger partial charge in [0.2, 0.25) is 0 Å². The molecule has 1 unspecified atom stereocenters. The Kier molecular flexibility index (Phi) is 7.67. The number of hydrogen-bond acceptors (Lipinski definition) is 7. The van der Waals surface area contributed by atoms with Gasteiger partial charge in [0.15, 0.2) is 28.8 Å². The summed E-state index contributed by atoms with van der Waals surface area (Å²) in [6, 6.07) is 14.3. The Hall–Kier alpha value is -5.18. The number of aromatic hydroxyl groups is 3. The fourth-order valence-electron chi connectivity index (χ4n) is 3.94. The van der Waals surface area contributed by atoms with Gasteiger partial charge in [-0.2, -0.15) is 0 Å². The first-order chi connectivity index (χ1) is 18.3. The van der Waals surface area contributed by atoms with Gasteiger partial charge in [-0.3, -0.25) is 4.79 Å². The smallest absolute Gasteiger partial charge is 0.320 e. The third-order valence-electron chi connectivity index (χ3n) is 5.87. The molecule has 9 nitrogen and oxygen atoms in total. The van der Waals surface area contributed by atoms with Crippen LogP contribution in [0.25, 0.3) is 12.2 Å². The highest BCUT2D eigenvalue weighted by Crippen LogP contribution is 2.32. The normalized spacial score (nSPS) is 15.4. The van der Waals surface area contributed by atoms with Crippen molar-refractivity contribution < 1.29 is 34.4 Å². The van der Waals surface area contributed by atoms with Gasteiger partial charge < -0.3 is 35.4 Å². The average Bonchev–Trinajstić information content (AvgIpc) is 2.92. The molecule has 2 amide bonds. The summed E-state index contributed by atoms with van der Waals surface area (Å²) in [4.78, 5) is 26.1. The molecule has 4 rings (SSSR count). The van der Waals surface area contributed by atoms with Crippen molar-refractivity contribution >= 4 is 24.0 Å². The third kappa shape index (κ3) is 5.79. The summed E-state index contributed by atoms with van der Waals surface area (Å²) >= 11 is 0. The maximum atomic E-state index is 13.6. The number of phenolic OH excluding ortho intramolecular Hbond substituents is 3. The molecule has 194 valence electrons. The highest BCUT2D eigenvalue weighted by Gasteiger charge is 2.30. The minimum absolute atomic E-state index is 0.0155. The highest BCUT2D eigenvalue weighted by atomic mass is 16.5. The van der Waals surface area contributed by atoms with E-state index in [0.29, 0.717) is 16.7 Å². The minimum atomic E-state index is -0.801. The fraction of sp³-hybridized carbons (Fsp3) is 0.103. The number of methoxy groups -OCH3 is 2. The predicted molar refractivity (Wildman–Crippen MR) is 142 cm³/mol. The first kappa shape index (κ1) is 25.9. The van der Waals surface area contributed by atoms with E-state index in [9.17, 15) is 24.9 Å². The Morgan fingerprint density at radius 2 is 1.39 bits per heavy atom. The first-order valence-corrected chi connectivity index (χ1v) is 11.5. The summed E-state index contributed by atoms with van der Waals surface area (Å²) < 4.78 is 10.3. The van der Waals surface area contributed by atoms with E-state index in [1.54, 1.807) is 54.6 Å². The van der Waals surface area contributed by atoms with Gasteiger partial charge in [0.25, 0.3) is 0 Å². The van der Waals surface area contributed by atoms with Crippen molar-refractivity contribution in [3.8, 4) is 28.7 Å². The van der Waals surface area contributed by atoms with Crippen molar-refractivity contribution in [3.05, 3.63) is 101 Å². The Morgan fingerprint density at radius 1 is 0.816 bits per heavy atom. The molecule has 1 heterocycles. The second-order valence-electron chi connectivity index (χ2n) is 8.34. The van der Waals surface area contributed by atoms with E-state index in [1.165, 1.54) is 44.6 Å². The van der Waals surface area contributed by atoms with Crippen molar-refractivity contribution in [2.75, 3.05) is 14.2 Å². The lowest BCUT2D eigenvalue weighted by Crippen LogP contribution is -2.45. The fourth-order valence-corrected chi connectivity index (χ4v) is 3.94. The highest BCUT2D eigenvalue weighted by molar-refractivity contribution is 6.09. The van der Waals surface area contributed by atoms with Gasteiger partial charge >= 0.3 is 6.03 Å². The molecule has 5 N–H and O–H groups in total. The zero-order valence-corrected chi connectivity index (χ0v) is 20.6. The maximum absolute atomic E-state index is 13.6. The lowest BCUT2D eigenvalue weighted by molar-refractivity contribution is -0.111. The molecule has 0 fully saturated rings. The van der Waals surface area contributed by atoms with Gasteiger partial charge in [0, 0.05) is 5.57 Å². The molecule has 0 saturated carbocycles. The molecular formula is C29H26N2O7. The lowest BCUT2D eigenvalue weighted by Gasteiger charge is -2.28. The molecule has 0 saturated heterocycles. The monoisotopic (exact) mass is 514 g/mol. The number of amides is 2. The summed E-state index contributed by atoms with van der Waals surface area (Å²) in [5.74, 6) is 0.169. The molecule has 0 spiro atoms. The summed E-state index contributed by atoms with van der Waals surface area (Å²) in [5.41, 5.74) is 2.42. The van der Waals surface area contributed by atoms with Crippen LogP contribution in [0.2, 0.25) is 0 Å². The van der Waals surface area contributed by atoms with Crippen LogP contribution in [0.1, 0.15) is 22.7 Å². The van der Waals surface area contributed by atoms with Crippen molar-refractivity contribution in [3.63, 3.8) is 0 Å². The van der Waals surface area contributed by atoms with Gasteiger partial charge in [0.05, 0.1) is 26.0 Å². The molecule has 1 aliphatic rings. The number of phenols is 3. The Labute approximate surface area is 219 Å². The second kappa shape index (κ2) is 11.3. The number of benzene rings is 3. The lowest BCUT2D eigenvalue weighted by atomic mass is 9.91. The van der Waals surface area contributed by atoms with Gasteiger partial charge in [-0.05, 0) is 65.2 Å². The molecule has 0 radical (unpaired) electrons. The zero-order valence-electron chi connectivity index (χ0n) is 20.6. The minimum Gasteiger partial charge on any atom is -0.508 e. The van der Waals surface area contributed by atoms with Gasteiger partial charge in [-0.25, -0.2) is 4.79 Å². The van der Waals surface area contributed by atoms with Gasteiger partial charge in [-0.1, -0.05) is 36.4 Å². The number of allylic oxidation sites excluding steroid dienone is 2. The summed E-state index contributed by atoms with van der Waals surface area (Å²) in [5, 5.41) is 34.9. The van der Waals surface area contributed by atoms with E-state index < -0.39 is 12.1 Å². The van der Waals surface area contributed by atoms with E-state index in [1.807, 2.05) is 0 Å². The van der Waals surface area contributed by atoms with Crippen molar-refractivity contribution in [1.82, 2.24) is 10.6 Å². The van der Waals surface area contributed by atoms with E-state index >= 15 is 0 Å². The van der Waals surface area contributed by atoms with Crippen LogP contribution in [0.3, 0.4) is 0 Å². The molecule has 38 heavy (non-hydrogen) atoms. The van der Waals surface area contributed by atoms with Crippen LogP contribution in [0.5, 0.6) is 28.7 Å². The zero-order chi connectivity index (χ0) is 27.2. The number of hydrogen-bond donors (Lipinski definition) is 5. The second-order valence-corrected chi connectivity index (χ2v) is 8.34. The number of carbonyl (C=O) groups excluding carboxylic acids is 2. The number of carbonyl (C=O) groups is 2. The number of ketones is 1. The third-order valence-corrected chi connectivity index (χ3v) is 5.87. The van der Waals surface area contributed by atoms with Crippen LogP contribution in [0, 0.1) is 0 Å². The SMILES string of the molecule is COc1cc(/C=C/C(=O)C2=C(/C=C/c3ccc(O)c(OC)c3)NC(=O)NC2c2ccc(O)cc2)ccc1O. The average molecular weight is 515 g/mol. The van der Waals surface area contributed by atoms with Crippen molar-refractivity contribution in [2.24, 2.45) is 0 Å². The standard InChI is InChI=1S/C29H26N2O7/c1-37-25-15-17(4-12-22(25)33)3-11-21-27(24(35)14-6-18-5-13-23(34)26(16-18)38-2)28(31-29(36)30-21)19-7-9-20(32)10-8-19/h3-16,28,32-34H,1-2H3,(H2,30,31,36)/b11-3+,14-6+. The summed E-state index contributed by atoms with van der Waals surface area (Å²) in [7, 11) is 2.87. The number of rotatable bonds is 8. The molecule has 0 aromatic heterocycles. The van der Waals surface area contributed by atoms with E-state index in [2.05, 4.69) is 10.6 Å². The summed E-state index contributed by atoms with van der Waals surface area (Å²) in [6.45, 7) is 0. The molecule has 3 aromatic rings. The van der Waals surface area contributed by atoms with Crippen LogP contribution >= 0.6 is 0 Å². The van der Waals surface area contributed by atoms with Crippen molar-refractivity contribution in [2.45, 2.75) is 6.04 Å². The quantitative estimate of drug-likeness (QED) is 0.281. The topological polar surface area (TPSA) is 137 Å². The Balaban J connectivity index is 1.77. The molecule has 3 aromatic carbocycles. The van der Waals surface area contributed by atoms with Crippen LogP contribution in [-0.4, -0.2) is 41.4 Å². The number of urea groups is 1. The van der Waals surface area contributed by atoms with Crippen LogP contribution in [0.15, 0.2) is 84.1 Å². The van der Waals surface area contributed by atoms with Crippen molar-refractivity contribution in [1.29, 1.82) is 0 Å². The van der Waals surface area contributed by atoms with Crippen LogP contribution in [0.4, 0.5) is 4.79 Å². The molecular weight excluding hydrogens is 488 g/mol. The predicted octanol–water partition coefficient (Wildman–Crippen LogP) is 4.42. The maximum Gasteiger partial charge on any atom is 0.320 e. The van der Waals surface area contributed by atoms with E-state index in [4.69, 9.17) is 9.47 Å². The molecule has 9 heteroatoms. The summed E-state index contributed by atoms with van der Waals surface area (Å²) in [6.07, 6.45) is 6.22. The molecule has 0 bridgehead atoms. The van der Waals surface area contributed by atoms with Gasteiger partial charge in [0.1, 0.15) is 5.75 Å². The van der Waals surface area contributed by atoms with Gasteiger partial charge in [-0.15, -0.1) is 0 Å². The van der Waals surface area contributed by atoms with Crippen LogP contribution < -0.4 is 20.1 Å². The molecule has 1 aliphatic heterocycles. The number of nitrogens with one attached hydrogen (secondary N) is 2. The molecule has 1 atom stereocenters. The Bertz CT molecular complexity index is 1460.